The first-order valence-corrected chi connectivity index (χ1v) is 13.0. The quantitative estimate of drug-likeness (QED) is 0.295. The molecule has 2 heterocycles. The minimum absolute atomic E-state index is 0.215. The van der Waals surface area contributed by atoms with Gasteiger partial charge >= 0.3 is 0 Å². The number of likely N-dealkylation sites (N-methyl/N-ethyl adjacent to an activating group) is 1. The average Bonchev–Trinajstić information content (AvgIpc) is 3.42. The average molecular weight is 531 g/mol. The molecule has 2 aromatic carbocycles. The Morgan fingerprint density at radius 3 is 2.62 bits per heavy atom. The van der Waals surface area contributed by atoms with Crippen LogP contribution >= 0.6 is 0 Å². The van der Waals surface area contributed by atoms with Crippen LogP contribution in [0.5, 0.6) is 0 Å². The molecule has 0 saturated heterocycles. The summed E-state index contributed by atoms with van der Waals surface area (Å²) in [5.41, 5.74) is 7.69. The van der Waals surface area contributed by atoms with Crippen molar-refractivity contribution in [3.63, 3.8) is 0 Å². The number of benzene rings is 2. The highest BCUT2D eigenvalue weighted by molar-refractivity contribution is 6.05. The fourth-order valence-electron chi connectivity index (χ4n) is 4.35. The van der Waals surface area contributed by atoms with Gasteiger partial charge < -0.3 is 15.5 Å². The van der Waals surface area contributed by atoms with Crippen molar-refractivity contribution in [3.05, 3.63) is 119 Å². The maximum absolute atomic E-state index is 12.9. The summed E-state index contributed by atoms with van der Waals surface area (Å²) < 4.78 is 0. The molecule has 0 saturated carbocycles. The zero-order valence-electron chi connectivity index (χ0n) is 22.5. The molecule has 0 spiro atoms. The van der Waals surface area contributed by atoms with E-state index in [4.69, 9.17) is 0 Å². The lowest BCUT2D eigenvalue weighted by molar-refractivity contribution is -0.111. The van der Waals surface area contributed by atoms with E-state index >= 15 is 0 Å². The van der Waals surface area contributed by atoms with Crippen molar-refractivity contribution in [3.8, 4) is 11.3 Å². The van der Waals surface area contributed by atoms with Gasteiger partial charge in [-0.3, -0.25) is 14.6 Å². The Hall–Kier alpha value is -4.95. The molecule has 8 heteroatoms. The van der Waals surface area contributed by atoms with Gasteiger partial charge in [-0.05, 0) is 73.8 Å². The predicted molar refractivity (Wildman–Crippen MR) is 158 cm³/mol. The van der Waals surface area contributed by atoms with Gasteiger partial charge in [0.2, 0.25) is 5.91 Å². The Morgan fingerprint density at radius 1 is 0.950 bits per heavy atom. The molecule has 1 aliphatic carbocycles. The molecule has 0 fully saturated rings. The number of nitrogens with one attached hydrogen (secondary N) is 2. The highest BCUT2D eigenvalue weighted by atomic mass is 16.2. The van der Waals surface area contributed by atoms with Crippen molar-refractivity contribution in [2.45, 2.75) is 12.8 Å². The molecular formula is C32H30N6O2. The number of carbonyl (C=O) groups excluding carboxylic acids is 2. The third-order valence-corrected chi connectivity index (χ3v) is 6.36. The lowest BCUT2D eigenvalue weighted by Crippen LogP contribution is -2.13. The van der Waals surface area contributed by atoms with E-state index in [9.17, 15) is 9.59 Å². The Morgan fingerprint density at radius 2 is 1.80 bits per heavy atom. The Kier molecular flexibility index (Phi) is 8.18. The minimum Gasteiger partial charge on any atom is -0.323 e. The second-order valence-electron chi connectivity index (χ2n) is 9.82. The number of carbonyl (C=O) groups is 2. The van der Waals surface area contributed by atoms with E-state index in [1.807, 2.05) is 55.5 Å². The van der Waals surface area contributed by atoms with Gasteiger partial charge in [0.15, 0.2) is 0 Å². The first-order chi connectivity index (χ1) is 19.4. The standard InChI is InChI=1S/C32H30N6O2/c1-38(2)15-5-10-31(39)36-26-13-11-23(12-14-26)32(40)37-27-8-3-6-22(16-27)17-28-19-30(35-21-34-28)25-18-24-7-4-9-29(24)33-20-25/h3-8,10-14,16,18-21H,9,15,17H2,1-2H3,(H,36,39)(H,37,40)/b10-5+. The van der Waals surface area contributed by atoms with Gasteiger partial charge in [-0.25, -0.2) is 9.97 Å². The largest absolute Gasteiger partial charge is 0.323 e. The van der Waals surface area contributed by atoms with Gasteiger partial charge in [-0.1, -0.05) is 30.4 Å². The first-order valence-electron chi connectivity index (χ1n) is 13.0. The summed E-state index contributed by atoms with van der Waals surface area (Å²) in [7, 11) is 3.87. The summed E-state index contributed by atoms with van der Waals surface area (Å²) >= 11 is 0. The molecule has 0 bridgehead atoms. The van der Waals surface area contributed by atoms with Gasteiger partial charge in [-0.2, -0.15) is 0 Å². The summed E-state index contributed by atoms with van der Waals surface area (Å²) in [6, 6.07) is 18.6. The normalized spacial score (nSPS) is 12.1. The van der Waals surface area contributed by atoms with E-state index in [1.165, 1.54) is 6.08 Å². The molecule has 5 rings (SSSR count). The first kappa shape index (κ1) is 26.6. The number of hydrogen-bond acceptors (Lipinski definition) is 6. The van der Waals surface area contributed by atoms with Crippen LogP contribution in [0.15, 0.2) is 91.4 Å². The summed E-state index contributed by atoms with van der Waals surface area (Å²) in [5.74, 6) is -0.448. The van der Waals surface area contributed by atoms with Crippen molar-refractivity contribution in [1.29, 1.82) is 0 Å². The van der Waals surface area contributed by atoms with Crippen LogP contribution in [-0.4, -0.2) is 52.3 Å². The number of allylic oxidation sites excluding steroid dienone is 1. The van der Waals surface area contributed by atoms with Crippen molar-refractivity contribution < 1.29 is 9.59 Å². The number of pyridine rings is 1. The summed E-state index contributed by atoms with van der Waals surface area (Å²) in [6.45, 7) is 0.679. The molecule has 1 aliphatic rings. The molecule has 40 heavy (non-hydrogen) atoms. The lowest BCUT2D eigenvalue weighted by Gasteiger charge is -2.09. The fourth-order valence-corrected chi connectivity index (χ4v) is 4.35. The molecule has 2 aromatic heterocycles. The number of nitrogens with zero attached hydrogens (tertiary/aromatic N) is 4. The van der Waals surface area contributed by atoms with E-state index in [0.29, 0.717) is 29.9 Å². The second-order valence-corrected chi connectivity index (χ2v) is 9.82. The van der Waals surface area contributed by atoms with Crippen LogP contribution in [-0.2, 0) is 17.6 Å². The molecule has 2 amide bonds. The number of aromatic nitrogens is 3. The zero-order valence-corrected chi connectivity index (χ0v) is 22.5. The van der Waals surface area contributed by atoms with E-state index in [-0.39, 0.29) is 11.8 Å². The number of anilines is 2. The number of rotatable bonds is 9. The fraction of sp³-hybridized carbons (Fsp3) is 0.156. The summed E-state index contributed by atoms with van der Waals surface area (Å²) in [6.07, 6.45) is 12.4. The number of hydrogen-bond donors (Lipinski definition) is 2. The predicted octanol–water partition coefficient (Wildman–Crippen LogP) is 5.01. The molecule has 8 nitrogen and oxygen atoms in total. The van der Waals surface area contributed by atoms with Gasteiger partial charge in [0.25, 0.3) is 5.91 Å². The second kappa shape index (κ2) is 12.3. The van der Waals surface area contributed by atoms with Crippen molar-refractivity contribution in [2.75, 3.05) is 31.3 Å². The summed E-state index contributed by atoms with van der Waals surface area (Å²) in [5, 5.41) is 5.75. The molecule has 4 aromatic rings. The maximum atomic E-state index is 12.9. The SMILES string of the molecule is CN(C)C/C=C/C(=O)Nc1ccc(C(=O)Nc2cccc(Cc3cc(-c4cnc5c(c4)C=CC5)ncn3)c2)cc1. The van der Waals surface area contributed by atoms with Gasteiger partial charge in [0.1, 0.15) is 6.33 Å². The van der Waals surface area contributed by atoms with Gasteiger partial charge in [0, 0.05) is 59.9 Å². The maximum Gasteiger partial charge on any atom is 0.255 e. The van der Waals surface area contributed by atoms with Crippen LogP contribution < -0.4 is 10.6 Å². The molecule has 0 atom stereocenters. The third kappa shape index (κ3) is 6.92. The highest BCUT2D eigenvalue weighted by Crippen LogP contribution is 2.24. The van der Waals surface area contributed by atoms with Crippen LogP contribution in [0, 0.1) is 0 Å². The van der Waals surface area contributed by atoms with E-state index in [2.05, 4.69) is 43.8 Å². The van der Waals surface area contributed by atoms with Crippen molar-refractivity contribution >= 4 is 29.3 Å². The molecule has 0 radical (unpaired) electrons. The molecule has 2 N–H and O–H groups in total. The van der Waals surface area contributed by atoms with Crippen molar-refractivity contribution in [2.24, 2.45) is 0 Å². The van der Waals surface area contributed by atoms with Gasteiger partial charge in [-0.15, -0.1) is 0 Å². The molecule has 0 aliphatic heterocycles. The van der Waals surface area contributed by atoms with Crippen LogP contribution in [0.4, 0.5) is 11.4 Å². The number of amides is 2. The van der Waals surface area contributed by atoms with E-state index < -0.39 is 0 Å². The van der Waals surface area contributed by atoms with Gasteiger partial charge in [0.05, 0.1) is 11.4 Å². The molecular weight excluding hydrogens is 500 g/mol. The smallest absolute Gasteiger partial charge is 0.255 e. The minimum atomic E-state index is -0.233. The Labute approximate surface area is 233 Å². The molecule has 0 unspecified atom stereocenters. The van der Waals surface area contributed by atoms with Crippen LogP contribution in [0.25, 0.3) is 17.3 Å². The lowest BCUT2D eigenvalue weighted by atomic mass is 10.1. The van der Waals surface area contributed by atoms with Crippen LogP contribution in [0.2, 0.25) is 0 Å². The van der Waals surface area contributed by atoms with Crippen LogP contribution in [0.3, 0.4) is 0 Å². The monoisotopic (exact) mass is 530 g/mol. The Balaban J connectivity index is 1.20. The van der Waals surface area contributed by atoms with E-state index in [1.54, 1.807) is 36.7 Å². The third-order valence-electron chi connectivity index (χ3n) is 6.36. The zero-order chi connectivity index (χ0) is 27.9. The van der Waals surface area contributed by atoms with Crippen LogP contribution in [0.1, 0.15) is 32.9 Å². The number of fused-ring (bicyclic) bond motifs is 1. The van der Waals surface area contributed by atoms with E-state index in [0.717, 1.165) is 40.2 Å². The van der Waals surface area contributed by atoms with Crippen molar-refractivity contribution in [1.82, 2.24) is 19.9 Å². The molecule has 200 valence electrons. The highest BCUT2D eigenvalue weighted by Gasteiger charge is 2.11. The topological polar surface area (TPSA) is 100 Å². The Bertz CT molecular complexity index is 1590. The summed E-state index contributed by atoms with van der Waals surface area (Å²) in [4.78, 5) is 40.3.